The van der Waals surface area contributed by atoms with Gasteiger partial charge in [0.1, 0.15) is 0 Å². The topological polar surface area (TPSA) is 76.7 Å². The summed E-state index contributed by atoms with van der Waals surface area (Å²) in [5.41, 5.74) is 1.57. The van der Waals surface area contributed by atoms with E-state index in [-0.39, 0.29) is 0 Å². The first-order chi connectivity index (χ1) is 12.6. The van der Waals surface area contributed by atoms with Crippen LogP contribution in [-0.2, 0) is 16.0 Å². The average Bonchev–Trinajstić information content (AvgIpc) is 2.65. The van der Waals surface area contributed by atoms with Gasteiger partial charge in [0.05, 0.1) is 13.2 Å². The molecule has 0 unspecified atom stereocenters. The van der Waals surface area contributed by atoms with Crippen molar-refractivity contribution < 1.29 is 19.1 Å². The summed E-state index contributed by atoms with van der Waals surface area (Å²) >= 11 is 0. The highest BCUT2D eigenvalue weighted by atomic mass is 16.5. The summed E-state index contributed by atoms with van der Waals surface area (Å²) in [6, 6.07) is 14.5. The number of rotatable bonds is 8. The summed E-state index contributed by atoms with van der Waals surface area (Å²) in [5, 5.41) is 5.17. The smallest absolute Gasteiger partial charge is 0.313 e. The quantitative estimate of drug-likeness (QED) is 0.713. The molecule has 2 amide bonds. The molecule has 0 saturated carbocycles. The van der Waals surface area contributed by atoms with Gasteiger partial charge in [0.25, 0.3) is 0 Å². The van der Waals surface area contributed by atoms with Crippen molar-refractivity contribution in [2.24, 2.45) is 0 Å². The van der Waals surface area contributed by atoms with Crippen LogP contribution in [0.2, 0.25) is 0 Å². The highest BCUT2D eigenvalue weighted by Gasteiger charge is 2.13. The molecule has 0 saturated heterocycles. The van der Waals surface area contributed by atoms with E-state index in [1.54, 1.807) is 24.3 Å². The first-order valence-electron chi connectivity index (χ1n) is 8.66. The van der Waals surface area contributed by atoms with Gasteiger partial charge in [-0.25, -0.2) is 0 Å². The summed E-state index contributed by atoms with van der Waals surface area (Å²) in [5.74, 6) is 0.0343. The van der Waals surface area contributed by atoms with Gasteiger partial charge in [0, 0.05) is 12.2 Å². The Labute approximate surface area is 153 Å². The van der Waals surface area contributed by atoms with Gasteiger partial charge in [-0.2, -0.15) is 0 Å². The zero-order chi connectivity index (χ0) is 18.8. The van der Waals surface area contributed by atoms with Crippen LogP contribution in [-0.4, -0.2) is 31.6 Å². The molecule has 0 aliphatic carbocycles. The van der Waals surface area contributed by atoms with E-state index in [9.17, 15) is 9.59 Å². The number of carbonyl (C=O) groups is 2. The molecule has 2 rings (SSSR count). The molecule has 0 heterocycles. The molecule has 2 N–H and O–H groups in total. The lowest BCUT2D eigenvalue weighted by Crippen LogP contribution is -2.36. The van der Waals surface area contributed by atoms with E-state index in [0.29, 0.717) is 43.4 Å². The van der Waals surface area contributed by atoms with E-state index in [1.807, 2.05) is 38.1 Å². The van der Waals surface area contributed by atoms with E-state index in [0.717, 1.165) is 5.56 Å². The lowest BCUT2D eigenvalue weighted by Gasteiger charge is -2.12. The predicted molar refractivity (Wildman–Crippen MR) is 101 cm³/mol. The van der Waals surface area contributed by atoms with Crippen LogP contribution in [0, 0.1) is 0 Å². The van der Waals surface area contributed by atoms with Gasteiger partial charge in [-0.15, -0.1) is 0 Å². The van der Waals surface area contributed by atoms with Gasteiger partial charge in [-0.3, -0.25) is 9.59 Å². The largest absolute Gasteiger partial charge is 0.490 e. The van der Waals surface area contributed by atoms with Crippen molar-refractivity contribution in [2.45, 2.75) is 20.3 Å². The zero-order valence-electron chi connectivity index (χ0n) is 15.1. The van der Waals surface area contributed by atoms with Crippen LogP contribution in [0.4, 0.5) is 5.69 Å². The van der Waals surface area contributed by atoms with Crippen LogP contribution in [0.25, 0.3) is 0 Å². The Balaban J connectivity index is 1.85. The van der Waals surface area contributed by atoms with Crippen LogP contribution in [0.3, 0.4) is 0 Å². The minimum absolute atomic E-state index is 0.348. The van der Waals surface area contributed by atoms with Gasteiger partial charge in [-0.1, -0.05) is 24.3 Å². The average molecular weight is 356 g/mol. The zero-order valence-corrected chi connectivity index (χ0v) is 15.1. The van der Waals surface area contributed by atoms with E-state index >= 15 is 0 Å². The summed E-state index contributed by atoms with van der Waals surface area (Å²) < 4.78 is 11.1. The Bertz CT molecular complexity index is 732. The number of anilines is 1. The number of para-hydroxylation sites is 1. The second-order valence-corrected chi connectivity index (χ2v) is 5.47. The van der Waals surface area contributed by atoms with Crippen LogP contribution in [0.5, 0.6) is 11.5 Å². The SMILES string of the molecule is CCOc1ccc(CCNC(=O)C(=O)Nc2ccccc2)cc1OCC. The molecule has 0 aromatic heterocycles. The third kappa shape index (κ3) is 5.81. The standard InChI is InChI=1S/C20H24N2O4/c1-3-25-17-11-10-15(14-18(17)26-4-2)12-13-21-19(23)20(24)22-16-8-6-5-7-9-16/h5-11,14H,3-4,12-13H2,1-2H3,(H,21,23)(H,22,24). The summed E-state index contributed by atoms with van der Waals surface area (Å²) in [4.78, 5) is 23.7. The second kappa shape index (κ2) is 10.1. The van der Waals surface area contributed by atoms with E-state index in [1.165, 1.54) is 0 Å². The highest BCUT2D eigenvalue weighted by molar-refractivity contribution is 6.39. The minimum atomic E-state index is -0.683. The lowest BCUT2D eigenvalue weighted by molar-refractivity contribution is -0.136. The van der Waals surface area contributed by atoms with Gasteiger partial charge in [0.2, 0.25) is 0 Å². The van der Waals surface area contributed by atoms with Crippen LogP contribution < -0.4 is 20.1 Å². The van der Waals surface area contributed by atoms with Crippen molar-refractivity contribution in [1.82, 2.24) is 5.32 Å². The Morgan fingerprint density at radius 2 is 1.58 bits per heavy atom. The fraction of sp³-hybridized carbons (Fsp3) is 0.300. The molecule has 2 aromatic rings. The van der Waals surface area contributed by atoms with Crippen molar-refractivity contribution >= 4 is 17.5 Å². The monoisotopic (exact) mass is 356 g/mol. The third-order valence-electron chi connectivity index (χ3n) is 3.54. The molecule has 0 bridgehead atoms. The van der Waals surface area contributed by atoms with Gasteiger partial charge < -0.3 is 20.1 Å². The fourth-order valence-corrected chi connectivity index (χ4v) is 2.36. The van der Waals surface area contributed by atoms with E-state index in [4.69, 9.17) is 9.47 Å². The normalized spacial score (nSPS) is 10.1. The van der Waals surface area contributed by atoms with Crippen molar-refractivity contribution in [2.75, 3.05) is 25.1 Å². The molecule has 0 aliphatic heterocycles. The molecule has 0 fully saturated rings. The first kappa shape index (κ1) is 19.3. The molecule has 2 aromatic carbocycles. The highest BCUT2D eigenvalue weighted by Crippen LogP contribution is 2.28. The number of carbonyl (C=O) groups excluding carboxylic acids is 2. The Hall–Kier alpha value is -3.02. The van der Waals surface area contributed by atoms with Crippen molar-refractivity contribution in [3.8, 4) is 11.5 Å². The number of ether oxygens (including phenoxy) is 2. The summed E-state index contributed by atoms with van der Waals surface area (Å²) in [7, 11) is 0. The van der Waals surface area contributed by atoms with Crippen molar-refractivity contribution in [3.63, 3.8) is 0 Å². The molecular weight excluding hydrogens is 332 g/mol. The summed E-state index contributed by atoms with van der Waals surface area (Å²) in [6.07, 6.45) is 0.580. The molecular formula is C20H24N2O4. The molecule has 138 valence electrons. The Morgan fingerprint density at radius 1 is 0.885 bits per heavy atom. The van der Waals surface area contributed by atoms with Crippen molar-refractivity contribution in [1.29, 1.82) is 0 Å². The number of nitrogens with one attached hydrogen (secondary N) is 2. The second-order valence-electron chi connectivity index (χ2n) is 5.47. The van der Waals surface area contributed by atoms with E-state index in [2.05, 4.69) is 10.6 Å². The van der Waals surface area contributed by atoms with Crippen LogP contribution >= 0.6 is 0 Å². The molecule has 0 atom stereocenters. The molecule has 26 heavy (non-hydrogen) atoms. The number of hydrogen-bond donors (Lipinski definition) is 2. The van der Waals surface area contributed by atoms with E-state index < -0.39 is 11.8 Å². The maximum absolute atomic E-state index is 11.9. The maximum Gasteiger partial charge on any atom is 0.313 e. The van der Waals surface area contributed by atoms with Crippen LogP contribution in [0.1, 0.15) is 19.4 Å². The van der Waals surface area contributed by atoms with Crippen molar-refractivity contribution in [3.05, 3.63) is 54.1 Å². The fourth-order valence-electron chi connectivity index (χ4n) is 2.36. The predicted octanol–water partition coefficient (Wildman–Crippen LogP) is 2.78. The first-order valence-corrected chi connectivity index (χ1v) is 8.66. The Kier molecular flexibility index (Phi) is 7.49. The Morgan fingerprint density at radius 3 is 2.27 bits per heavy atom. The minimum Gasteiger partial charge on any atom is -0.490 e. The molecule has 0 radical (unpaired) electrons. The lowest BCUT2D eigenvalue weighted by atomic mass is 10.1. The molecule has 0 spiro atoms. The maximum atomic E-state index is 11.9. The number of benzene rings is 2. The molecule has 6 heteroatoms. The molecule has 0 aliphatic rings. The third-order valence-corrected chi connectivity index (χ3v) is 3.54. The summed E-state index contributed by atoms with van der Waals surface area (Å²) in [6.45, 7) is 5.28. The van der Waals surface area contributed by atoms with Gasteiger partial charge in [-0.05, 0) is 50.1 Å². The van der Waals surface area contributed by atoms with Gasteiger partial charge in [0.15, 0.2) is 11.5 Å². The van der Waals surface area contributed by atoms with Crippen LogP contribution in [0.15, 0.2) is 48.5 Å². The number of amides is 2. The molecule has 6 nitrogen and oxygen atoms in total. The number of hydrogen-bond acceptors (Lipinski definition) is 4. The van der Waals surface area contributed by atoms with Gasteiger partial charge >= 0.3 is 11.8 Å².